The van der Waals surface area contributed by atoms with Gasteiger partial charge < -0.3 is 15.4 Å². The van der Waals surface area contributed by atoms with Gasteiger partial charge in [0.15, 0.2) is 0 Å². The van der Waals surface area contributed by atoms with Gasteiger partial charge in [0.1, 0.15) is 12.6 Å². The molecule has 0 bridgehead atoms. The molecule has 20 heavy (non-hydrogen) atoms. The first kappa shape index (κ1) is 16.6. The van der Waals surface area contributed by atoms with E-state index in [9.17, 15) is 22.8 Å². The number of hydrogen-bond donors (Lipinski definition) is 2. The summed E-state index contributed by atoms with van der Waals surface area (Å²) < 4.78 is 40.6. The van der Waals surface area contributed by atoms with Crippen LogP contribution in [0.5, 0.6) is 0 Å². The fraction of sp³-hybridized carbons (Fsp3) is 0.833. The predicted octanol–water partition coefficient (Wildman–Crippen LogP) is 2.11. The van der Waals surface area contributed by atoms with Crippen LogP contribution >= 0.6 is 0 Å². The molecule has 2 N–H and O–H groups in total. The van der Waals surface area contributed by atoms with Gasteiger partial charge >= 0.3 is 18.2 Å². The number of amides is 2. The Kier molecular flexibility index (Phi) is 6.60. The number of esters is 1. The fourth-order valence-corrected chi connectivity index (χ4v) is 1.93. The highest BCUT2D eigenvalue weighted by Crippen LogP contribution is 2.21. The van der Waals surface area contributed by atoms with Crippen LogP contribution in [0.1, 0.15) is 38.5 Å². The lowest BCUT2D eigenvalue weighted by atomic mass is 10.3. The number of ether oxygens (including phenoxy) is 1. The van der Waals surface area contributed by atoms with E-state index >= 15 is 0 Å². The Morgan fingerprint density at radius 3 is 2.40 bits per heavy atom. The van der Waals surface area contributed by atoms with Gasteiger partial charge in [0, 0.05) is 13.0 Å². The summed E-state index contributed by atoms with van der Waals surface area (Å²) in [7, 11) is 0. The molecule has 8 heteroatoms. The zero-order valence-corrected chi connectivity index (χ0v) is 11.1. The van der Waals surface area contributed by atoms with Crippen LogP contribution in [0.4, 0.5) is 18.0 Å². The van der Waals surface area contributed by atoms with E-state index in [1.165, 1.54) is 0 Å². The topological polar surface area (TPSA) is 67.4 Å². The summed E-state index contributed by atoms with van der Waals surface area (Å²) in [5, 5.41) is 3.92. The summed E-state index contributed by atoms with van der Waals surface area (Å²) in [4.78, 5) is 22.4. The van der Waals surface area contributed by atoms with Crippen LogP contribution in [0.15, 0.2) is 0 Å². The Morgan fingerprint density at radius 2 is 1.80 bits per heavy atom. The number of carbonyl (C=O) groups excluding carboxylic acids is 2. The van der Waals surface area contributed by atoms with Crippen LogP contribution in [0.2, 0.25) is 0 Å². The largest absolute Gasteiger partial charge is 0.462 e. The summed E-state index contributed by atoms with van der Waals surface area (Å²) in [6.45, 7) is -1.24. The zero-order valence-electron chi connectivity index (χ0n) is 11.1. The van der Waals surface area contributed by atoms with Crippen molar-refractivity contribution in [3.05, 3.63) is 0 Å². The summed E-state index contributed by atoms with van der Waals surface area (Å²) in [6, 6.07) is -0.897. The van der Waals surface area contributed by atoms with Crippen molar-refractivity contribution >= 4 is 12.0 Å². The number of rotatable bonds is 6. The number of alkyl halides is 3. The molecule has 0 aliphatic heterocycles. The molecule has 0 spiro atoms. The lowest BCUT2D eigenvalue weighted by molar-refractivity contribution is -0.148. The summed E-state index contributed by atoms with van der Waals surface area (Å²) in [5.41, 5.74) is 0. The molecular formula is C12H19F3N2O3. The van der Waals surface area contributed by atoms with Gasteiger partial charge in [0.2, 0.25) is 0 Å². The van der Waals surface area contributed by atoms with Gasteiger partial charge in [-0.3, -0.25) is 4.79 Å². The molecule has 0 saturated heterocycles. The minimum atomic E-state index is -4.43. The van der Waals surface area contributed by atoms with Crippen molar-refractivity contribution < 1.29 is 27.5 Å². The van der Waals surface area contributed by atoms with Crippen molar-refractivity contribution in [1.29, 1.82) is 0 Å². The van der Waals surface area contributed by atoms with Gasteiger partial charge in [-0.25, -0.2) is 4.79 Å². The molecule has 1 aliphatic rings. The Labute approximate surface area is 115 Å². The number of urea groups is 1. The molecule has 1 fully saturated rings. The Balaban J connectivity index is 2.00. The Morgan fingerprint density at radius 1 is 1.15 bits per heavy atom. The van der Waals surface area contributed by atoms with Crippen LogP contribution in [-0.2, 0) is 9.53 Å². The maximum absolute atomic E-state index is 11.8. The summed E-state index contributed by atoms with van der Waals surface area (Å²) in [5.74, 6) is -0.325. The average Bonchev–Trinajstić information content (AvgIpc) is 2.84. The molecule has 0 unspecified atom stereocenters. The van der Waals surface area contributed by atoms with E-state index in [0.717, 1.165) is 25.7 Å². The molecule has 1 aliphatic carbocycles. The van der Waals surface area contributed by atoms with Crippen LogP contribution in [0.25, 0.3) is 0 Å². The van der Waals surface area contributed by atoms with Crippen LogP contribution < -0.4 is 10.6 Å². The lowest BCUT2D eigenvalue weighted by Crippen LogP contribution is -2.41. The van der Waals surface area contributed by atoms with E-state index in [0.29, 0.717) is 6.42 Å². The van der Waals surface area contributed by atoms with Gasteiger partial charge in [-0.1, -0.05) is 0 Å². The second-order valence-corrected chi connectivity index (χ2v) is 4.72. The number of nitrogens with one attached hydrogen (secondary N) is 2. The van der Waals surface area contributed by atoms with Crippen molar-refractivity contribution in [2.75, 3.05) is 13.1 Å². The molecular weight excluding hydrogens is 277 g/mol. The van der Waals surface area contributed by atoms with E-state index in [-0.39, 0.29) is 25.0 Å². The lowest BCUT2D eigenvalue weighted by Gasteiger charge is -2.11. The predicted molar refractivity (Wildman–Crippen MR) is 65.0 cm³/mol. The minimum absolute atomic E-state index is 0.00513. The molecule has 0 heterocycles. The smallest absolute Gasteiger partial charge is 0.405 e. The van der Waals surface area contributed by atoms with Gasteiger partial charge in [-0.05, 0) is 32.1 Å². The first-order chi connectivity index (χ1) is 9.37. The van der Waals surface area contributed by atoms with E-state index in [2.05, 4.69) is 5.32 Å². The van der Waals surface area contributed by atoms with Gasteiger partial charge in [-0.2, -0.15) is 13.2 Å². The van der Waals surface area contributed by atoms with Crippen molar-refractivity contribution in [2.45, 2.75) is 50.8 Å². The van der Waals surface area contributed by atoms with E-state index in [4.69, 9.17) is 4.74 Å². The molecule has 1 saturated carbocycles. The second-order valence-electron chi connectivity index (χ2n) is 4.72. The molecule has 0 atom stereocenters. The molecule has 0 aromatic carbocycles. The average molecular weight is 296 g/mol. The van der Waals surface area contributed by atoms with Gasteiger partial charge in [0.05, 0.1) is 0 Å². The third kappa shape index (κ3) is 7.85. The normalized spacial score (nSPS) is 15.9. The van der Waals surface area contributed by atoms with E-state index in [1.807, 2.05) is 0 Å². The number of hydrogen-bond acceptors (Lipinski definition) is 3. The first-order valence-electron chi connectivity index (χ1n) is 6.65. The molecule has 1 rings (SSSR count). The van der Waals surface area contributed by atoms with Crippen LogP contribution in [0, 0.1) is 0 Å². The standard InChI is InChI=1S/C12H19F3N2O3/c13-12(14,15)8-17-11(19)16-7-3-6-10(18)20-9-4-1-2-5-9/h9H,1-8H2,(H2,16,17,19). The zero-order chi connectivity index (χ0) is 15.0. The Bertz CT molecular complexity index is 328. The molecule has 0 aromatic heterocycles. The quantitative estimate of drug-likeness (QED) is 0.583. The van der Waals surface area contributed by atoms with Crippen molar-refractivity contribution in [3.63, 3.8) is 0 Å². The summed E-state index contributed by atoms with van der Waals surface area (Å²) >= 11 is 0. The maximum atomic E-state index is 11.8. The third-order valence-electron chi connectivity index (χ3n) is 2.89. The monoisotopic (exact) mass is 296 g/mol. The van der Waals surface area contributed by atoms with E-state index in [1.54, 1.807) is 5.32 Å². The van der Waals surface area contributed by atoms with Crippen molar-refractivity contribution in [2.24, 2.45) is 0 Å². The number of halogens is 3. The molecule has 2 amide bonds. The number of carbonyl (C=O) groups is 2. The fourth-order valence-electron chi connectivity index (χ4n) is 1.93. The van der Waals surface area contributed by atoms with E-state index < -0.39 is 18.8 Å². The Hall–Kier alpha value is -1.47. The van der Waals surface area contributed by atoms with Crippen LogP contribution in [0.3, 0.4) is 0 Å². The summed E-state index contributed by atoms with van der Waals surface area (Å²) in [6.07, 6.45) is -0.0138. The van der Waals surface area contributed by atoms with Gasteiger partial charge in [-0.15, -0.1) is 0 Å². The SMILES string of the molecule is O=C(NCCCC(=O)OC1CCCC1)NCC(F)(F)F. The molecule has 5 nitrogen and oxygen atoms in total. The maximum Gasteiger partial charge on any atom is 0.405 e. The third-order valence-corrected chi connectivity index (χ3v) is 2.89. The van der Waals surface area contributed by atoms with Crippen LogP contribution in [-0.4, -0.2) is 37.4 Å². The molecule has 116 valence electrons. The highest BCUT2D eigenvalue weighted by molar-refractivity contribution is 5.74. The highest BCUT2D eigenvalue weighted by atomic mass is 19.4. The van der Waals surface area contributed by atoms with Crippen molar-refractivity contribution in [3.8, 4) is 0 Å². The minimum Gasteiger partial charge on any atom is -0.462 e. The highest BCUT2D eigenvalue weighted by Gasteiger charge is 2.27. The first-order valence-corrected chi connectivity index (χ1v) is 6.65. The molecule has 0 radical (unpaired) electrons. The van der Waals surface area contributed by atoms with Crippen molar-refractivity contribution in [1.82, 2.24) is 10.6 Å². The second kappa shape index (κ2) is 7.96. The van der Waals surface area contributed by atoms with Gasteiger partial charge in [0.25, 0.3) is 0 Å². The molecule has 0 aromatic rings.